The molecule has 1 aliphatic rings. The van der Waals surface area contributed by atoms with Crippen molar-refractivity contribution in [3.8, 4) is 0 Å². The Hall–Kier alpha value is -1.55. The van der Waals surface area contributed by atoms with Gasteiger partial charge in [0.15, 0.2) is 5.54 Å². The fourth-order valence-corrected chi connectivity index (χ4v) is 1.73. The Morgan fingerprint density at radius 1 is 1.41 bits per heavy atom. The second-order valence-electron chi connectivity index (χ2n) is 4.29. The Kier molecular flexibility index (Phi) is 3.33. The molecule has 0 aromatic heterocycles. The summed E-state index contributed by atoms with van der Waals surface area (Å²) in [4.78, 5) is 11.9. The van der Waals surface area contributed by atoms with Crippen LogP contribution in [-0.2, 0) is 14.3 Å². The van der Waals surface area contributed by atoms with Gasteiger partial charge in [-0.15, -0.1) is 0 Å². The first-order valence-electron chi connectivity index (χ1n) is 5.76. The van der Waals surface area contributed by atoms with E-state index in [1.807, 2.05) is 31.2 Å². The van der Waals surface area contributed by atoms with E-state index in [4.69, 9.17) is 9.47 Å². The van der Waals surface area contributed by atoms with Gasteiger partial charge < -0.3 is 14.8 Å². The van der Waals surface area contributed by atoms with Gasteiger partial charge in [0.05, 0.1) is 19.8 Å². The summed E-state index contributed by atoms with van der Waals surface area (Å²) in [7, 11) is 0. The molecular weight excluding hydrogens is 218 g/mol. The minimum Gasteiger partial charge on any atom is -0.464 e. The molecule has 1 aromatic rings. The lowest BCUT2D eigenvalue weighted by Crippen LogP contribution is -2.62. The minimum absolute atomic E-state index is 0.244. The maximum Gasteiger partial charge on any atom is 0.336 e. The number of esters is 1. The van der Waals surface area contributed by atoms with Crippen molar-refractivity contribution in [2.45, 2.75) is 19.4 Å². The van der Waals surface area contributed by atoms with Crippen molar-refractivity contribution in [1.29, 1.82) is 0 Å². The highest BCUT2D eigenvalue weighted by Gasteiger charge is 2.47. The van der Waals surface area contributed by atoms with Gasteiger partial charge in [-0.25, -0.2) is 4.79 Å². The zero-order valence-corrected chi connectivity index (χ0v) is 10.2. The van der Waals surface area contributed by atoms with Crippen LogP contribution in [0.4, 0.5) is 5.69 Å². The van der Waals surface area contributed by atoms with Gasteiger partial charge in [-0.1, -0.05) is 17.7 Å². The van der Waals surface area contributed by atoms with E-state index in [-0.39, 0.29) is 5.97 Å². The highest BCUT2D eigenvalue weighted by atomic mass is 16.6. The van der Waals surface area contributed by atoms with Crippen LogP contribution in [-0.4, -0.2) is 31.3 Å². The maximum absolute atomic E-state index is 11.9. The second-order valence-corrected chi connectivity index (χ2v) is 4.29. The van der Waals surface area contributed by atoms with Crippen molar-refractivity contribution < 1.29 is 14.3 Å². The van der Waals surface area contributed by atoms with Gasteiger partial charge in [0, 0.05) is 5.69 Å². The third kappa shape index (κ3) is 2.42. The van der Waals surface area contributed by atoms with Crippen LogP contribution in [0.2, 0.25) is 0 Å². The van der Waals surface area contributed by atoms with Crippen molar-refractivity contribution in [3.63, 3.8) is 0 Å². The molecule has 1 aliphatic heterocycles. The number of anilines is 1. The quantitative estimate of drug-likeness (QED) is 0.807. The van der Waals surface area contributed by atoms with E-state index in [1.165, 1.54) is 5.56 Å². The largest absolute Gasteiger partial charge is 0.464 e. The smallest absolute Gasteiger partial charge is 0.336 e. The number of benzene rings is 1. The monoisotopic (exact) mass is 235 g/mol. The molecule has 4 nitrogen and oxygen atoms in total. The summed E-state index contributed by atoms with van der Waals surface area (Å²) >= 11 is 0. The number of carbonyl (C=O) groups is 1. The molecule has 1 aromatic carbocycles. The Bertz CT molecular complexity index is 396. The van der Waals surface area contributed by atoms with Gasteiger partial charge >= 0.3 is 5.97 Å². The van der Waals surface area contributed by atoms with E-state index in [0.717, 1.165) is 5.69 Å². The number of aryl methyl sites for hydroxylation is 1. The number of hydrogen-bond donors (Lipinski definition) is 1. The van der Waals surface area contributed by atoms with Crippen LogP contribution in [0, 0.1) is 6.92 Å². The average Bonchev–Trinajstić information content (AvgIpc) is 2.26. The van der Waals surface area contributed by atoms with Crippen LogP contribution in [0.1, 0.15) is 12.5 Å². The molecule has 1 fully saturated rings. The normalized spacial score (nSPS) is 17.1. The molecule has 0 radical (unpaired) electrons. The Morgan fingerprint density at radius 2 is 2.06 bits per heavy atom. The minimum atomic E-state index is -0.703. The van der Waals surface area contributed by atoms with Crippen molar-refractivity contribution >= 4 is 11.7 Å². The van der Waals surface area contributed by atoms with Crippen molar-refractivity contribution in [2.24, 2.45) is 0 Å². The average molecular weight is 235 g/mol. The number of ether oxygens (including phenoxy) is 2. The molecule has 0 aliphatic carbocycles. The van der Waals surface area contributed by atoms with Crippen LogP contribution in [0.15, 0.2) is 24.3 Å². The highest BCUT2D eigenvalue weighted by Crippen LogP contribution is 2.25. The van der Waals surface area contributed by atoms with Gasteiger partial charge in [0.1, 0.15) is 0 Å². The molecule has 0 bridgehead atoms. The summed E-state index contributed by atoms with van der Waals surface area (Å²) in [6.07, 6.45) is 0. The van der Waals surface area contributed by atoms with Crippen LogP contribution < -0.4 is 5.32 Å². The van der Waals surface area contributed by atoms with Gasteiger partial charge in [-0.05, 0) is 26.0 Å². The Morgan fingerprint density at radius 3 is 2.53 bits per heavy atom. The first-order valence-corrected chi connectivity index (χ1v) is 5.76. The number of hydrogen-bond acceptors (Lipinski definition) is 4. The second kappa shape index (κ2) is 4.75. The van der Waals surface area contributed by atoms with Crippen LogP contribution >= 0.6 is 0 Å². The van der Waals surface area contributed by atoms with Gasteiger partial charge in [0.25, 0.3) is 0 Å². The van der Waals surface area contributed by atoms with E-state index >= 15 is 0 Å². The van der Waals surface area contributed by atoms with Gasteiger partial charge in [0.2, 0.25) is 0 Å². The molecule has 92 valence electrons. The third-order valence-electron chi connectivity index (χ3n) is 2.80. The summed E-state index contributed by atoms with van der Waals surface area (Å²) in [5.41, 5.74) is 1.39. The van der Waals surface area contributed by atoms with Crippen molar-refractivity contribution in [2.75, 3.05) is 25.1 Å². The molecule has 1 N–H and O–H groups in total. The lowest BCUT2D eigenvalue weighted by molar-refractivity contribution is -0.164. The summed E-state index contributed by atoms with van der Waals surface area (Å²) in [5, 5.41) is 3.20. The van der Waals surface area contributed by atoms with E-state index < -0.39 is 5.54 Å². The van der Waals surface area contributed by atoms with E-state index in [2.05, 4.69) is 5.32 Å². The van der Waals surface area contributed by atoms with E-state index in [1.54, 1.807) is 6.92 Å². The summed E-state index contributed by atoms with van der Waals surface area (Å²) in [6.45, 7) is 4.93. The summed E-state index contributed by atoms with van der Waals surface area (Å²) in [6, 6.07) is 7.91. The number of carbonyl (C=O) groups excluding carboxylic acids is 1. The number of nitrogens with one attached hydrogen (secondary N) is 1. The standard InChI is InChI=1S/C13H17NO3/c1-3-17-12(15)13(8-16-9-13)14-11-6-4-10(2)5-7-11/h4-7,14H,3,8-9H2,1-2H3. The molecule has 17 heavy (non-hydrogen) atoms. The molecule has 0 unspecified atom stereocenters. The third-order valence-corrected chi connectivity index (χ3v) is 2.80. The molecule has 0 spiro atoms. The Balaban J connectivity index is 2.09. The molecule has 2 rings (SSSR count). The lowest BCUT2D eigenvalue weighted by Gasteiger charge is -2.40. The fraction of sp³-hybridized carbons (Fsp3) is 0.462. The van der Waals surface area contributed by atoms with Crippen molar-refractivity contribution in [3.05, 3.63) is 29.8 Å². The molecular formula is C13H17NO3. The highest BCUT2D eigenvalue weighted by molar-refractivity contribution is 5.86. The van der Waals surface area contributed by atoms with Gasteiger partial charge in [-0.2, -0.15) is 0 Å². The molecule has 1 saturated heterocycles. The molecule has 0 amide bonds. The molecule has 0 saturated carbocycles. The fourth-order valence-electron chi connectivity index (χ4n) is 1.73. The predicted molar refractivity (Wildman–Crippen MR) is 65.0 cm³/mol. The van der Waals surface area contributed by atoms with E-state index in [0.29, 0.717) is 19.8 Å². The van der Waals surface area contributed by atoms with Gasteiger partial charge in [-0.3, -0.25) is 0 Å². The molecule has 4 heteroatoms. The topological polar surface area (TPSA) is 47.6 Å². The lowest BCUT2D eigenvalue weighted by atomic mass is 9.97. The SMILES string of the molecule is CCOC(=O)C1(Nc2ccc(C)cc2)COC1. The van der Waals surface area contributed by atoms with Crippen LogP contribution in [0.5, 0.6) is 0 Å². The summed E-state index contributed by atoms with van der Waals surface area (Å²) in [5.74, 6) is -0.244. The zero-order chi connectivity index (χ0) is 12.3. The zero-order valence-electron chi connectivity index (χ0n) is 10.2. The molecule has 0 atom stereocenters. The van der Waals surface area contributed by atoms with E-state index in [9.17, 15) is 4.79 Å². The predicted octanol–water partition coefficient (Wildman–Crippen LogP) is 1.74. The Labute approximate surface area is 101 Å². The first kappa shape index (κ1) is 11.9. The van der Waals surface area contributed by atoms with Crippen molar-refractivity contribution in [1.82, 2.24) is 0 Å². The molecule has 1 heterocycles. The first-order chi connectivity index (χ1) is 8.16. The van der Waals surface area contributed by atoms with Crippen LogP contribution in [0.3, 0.4) is 0 Å². The van der Waals surface area contributed by atoms with Crippen LogP contribution in [0.25, 0.3) is 0 Å². The maximum atomic E-state index is 11.9. The summed E-state index contributed by atoms with van der Waals surface area (Å²) < 4.78 is 10.2. The number of rotatable bonds is 4.